The monoisotopic (exact) mass is 243 g/mol. The quantitative estimate of drug-likeness (QED) is 0.515. The van der Waals surface area contributed by atoms with Gasteiger partial charge in [0.05, 0.1) is 0 Å². The van der Waals surface area contributed by atoms with Gasteiger partial charge in [-0.15, -0.1) is 0 Å². The minimum Gasteiger partial charge on any atom is -0.506 e. The molecule has 0 aromatic heterocycles. The van der Waals surface area contributed by atoms with Crippen molar-refractivity contribution in [2.75, 3.05) is 0 Å². The Hall–Kier alpha value is -1.86. The molecule has 0 aliphatic rings. The number of nitrogens with two attached hydrogens (primary N) is 1. The summed E-state index contributed by atoms with van der Waals surface area (Å²) in [7, 11) is -4.66. The van der Waals surface area contributed by atoms with Gasteiger partial charge in [0, 0.05) is 11.1 Å². The average Bonchev–Trinajstić information content (AvgIpc) is 2.14. The van der Waals surface area contributed by atoms with Gasteiger partial charge in [-0.3, -0.25) is 9.35 Å². The molecule has 1 aromatic rings. The second-order valence-corrected chi connectivity index (χ2v) is 4.33. The average molecular weight is 243 g/mol. The highest BCUT2D eigenvalue weighted by Crippen LogP contribution is 2.30. The molecule has 0 unspecified atom stereocenters. The van der Waals surface area contributed by atoms with E-state index in [9.17, 15) is 18.3 Å². The fourth-order valence-corrected chi connectivity index (χ4v) is 1.97. The summed E-state index contributed by atoms with van der Waals surface area (Å²) in [6.45, 7) is 3.28. The Morgan fingerprint density at radius 2 is 1.94 bits per heavy atom. The number of phenolic OH excluding ortho intramolecular Hbond substituents is 1. The summed E-state index contributed by atoms with van der Waals surface area (Å²) >= 11 is 0. The molecule has 86 valence electrons. The number of aromatic hydroxyl groups is 1. The van der Waals surface area contributed by atoms with Crippen LogP contribution in [0.25, 0.3) is 5.57 Å². The van der Waals surface area contributed by atoms with E-state index >= 15 is 0 Å². The van der Waals surface area contributed by atoms with Crippen LogP contribution in [0, 0.1) is 0 Å². The van der Waals surface area contributed by atoms with E-state index in [-0.39, 0.29) is 11.1 Å². The molecule has 6 nitrogen and oxygen atoms in total. The predicted octanol–water partition coefficient (Wildman–Crippen LogP) is 0.137. The van der Waals surface area contributed by atoms with Crippen LogP contribution >= 0.6 is 0 Å². The van der Waals surface area contributed by atoms with Crippen molar-refractivity contribution in [1.82, 2.24) is 0 Å². The zero-order valence-corrected chi connectivity index (χ0v) is 8.86. The van der Waals surface area contributed by atoms with Crippen molar-refractivity contribution < 1.29 is 22.9 Å². The van der Waals surface area contributed by atoms with E-state index in [0.29, 0.717) is 0 Å². The molecule has 7 heteroatoms. The van der Waals surface area contributed by atoms with Crippen molar-refractivity contribution in [3.05, 3.63) is 30.3 Å². The maximum atomic E-state index is 11.0. The Morgan fingerprint density at radius 1 is 1.38 bits per heavy atom. The lowest BCUT2D eigenvalue weighted by molar-refractivity contribution is -0.112. The highest BCUT2D eigenvalue weighted by Gasteiger charge is 2.23. The fraction of sp³-hybridized carbons (Fsp3) is 0. The number of phenols is 1. The molecule has 0 radical (unpaired) electrons. The Morgan fingerprint density at radius 3 is 2.38 bits per heavy atom. The van der Waals surface area contributed by atoms with Crippen molar-refractivity contribution in [3.8, 4) is 5.75 Å². The van der Waals surface area contributed by atoms with Crippen molar-refractivity contribution in [2.24, 2.45) is 5.73 Å². The van der Waals surface area contributed by atoms with Gasteiger partial charge in [0.15, 0.2) is 0 Å². The molecule has 0 aliphatic carbocycles. The normalized spacial score (nSPS) is 11.1. The van der Waals surface area contributed by atoms with Gasteiger partial charge in [-0.1, -0.05) is 18.7 Å². The van der Waals surface area contributed by atoms with Gasteiger partial charge < -0.3 is 10.8 Å². The first-order valence-electron chi connectivity index (χ1n) is 4.03. The first-order chi connectivity index (χ1) is 7.25. The molecule has 0 atom stereocenters. The number of benzene rings is 1. The first-order valence-corrected chi connectivity index (χ1v) is 5.47. The number of carbonyl (C=O) groups is 1. The van der Waals surface area contributed by atoms with E-state index in [0.717, 1.165) is 6.07 Å². The van der Waals surface area contributed by atoms with E-state index in [2.05, 4.69) is 6.58 Å². The summed E-state index contributed by atoms with van der Waals surface area (Å²) in [6, 6.07) is 3.56. The van der Waals surface area contributed by atoms with Crippen molar-refractivity contribution >= 4 is 21.6 Å². The Labute approximate surface area is 91.8 Å². The number of primary amides is 1. The highest BCUT2D eigenvalue weighted by atomic mass is 32.2. The molecule has 1 rings (SSSR count). The summed E-state index contributed by atoms with van der Waals surface area (Å²) in [5, 5.41) is 9.33. The van der Waals surface area contributed by atoms with Gasteiger partial charge in [0.1, 0.15) is 10.6 Å². The molecule has 16 heavy (non-hydrogen) atoms. The molecule has 0 saturated carbocycles. The summed E-state index contributed by atoms with van der Waals surface area (Å²) in [6.07, 6.45) is 0. The second-order valence-electron chi connectivity index (χ2n) is 2.97. The SMILES string of the molecule is C=C(C(N)=O)c1cccc(O)c1S(=O)(=O)O. The molecular formula is C9H9NO5S. The number of hydrogen-bond donors (Lipinski definition) is 3. The number of carbonyl (C=O) groups excluding carboxylic acids is 1. The van der Waals surface area contributed by atoms with Crippen LogP contribution < -0.4 is 5.73 Å². The van der Waals surface area contributed by atoms with Crippen LogP contribution in [0.1, 0.15) is 5.56 Å². The molecule has 0 spiro atoms. The zero-order valence-electron chi connectivity index (χ0n) is 8.04. The molecule has 0 aliphatic heterocycles. The van der Waals surface area contributed by atoms with Crippen LogP contribution in [-0.2, 0) is 14.9 Å². The largest absolute Gasteiger partial charge is 0.506 e. The molecule has 1 aromatic carbocycles. The van der Waals surface area contributed by atoms with Crippen LogP contribution in [0.2, 0.25) is 0 Å². The molecule has 0 bridgehead atoms. The third-order valence-electron chi connectivity index (χ3n) is 1.87. The summed E-state index contributed by atoms with van der Waals surface area (Å²) in [5.74, 6) is -1.63. The van der Waals surface area contributed by atoms with Gasteiger partial charge in [0.2, 0.25) is 5.91 Å². The topological polar surface area (TPSA) is 118 Å². The molecule has 1 amide bonds. The lowest BCUT2D eigenvalue weighted by Gasteiger charge is -2.08. The summed E-state index contributed by atoms with van der Waals surface area (Å²) < 4.78 is 30.9. The third kappa shape index (κ3) is 2.20. The van der Waals surface area contributed by atoms with Crippen molar-refractivity contribution in [1.29, 1.82) is 0 Å². The maximum Gasteiger partial charge on any atom is 0.298 e. The van der Waals surface area contributed by atoms with Gasteiger partial charge in [-0.2, -0.15) is 8.42 Å². The van der Waals surface area contributed by atoms with E-state index in [1.54, 1.807) is 0 Å². The van der Waals surface area contributed by atoms with E-state index in [1.165, 1.54) is 12.1 Å². The highest BCUT2D eigenvalue weighted by molar-refractivity contribution is 7.86. The molecule has 4 N–H and O–H groups in total. The van der Waals surface area contributed by atoms with E-state index in [1.807, 2.05) is 0 Å². The van der Waals surface area contributed by atoms with Crippen molar-refractivity contribution in [2.45, 2.75) is 4.90 Å². The lowest BCUT2D eigenvalue weighted by atomic mass is 10.1. The predicted molar refractivity (Wildman–Crippen MR) is 56.1 cm³/mol. The smallest absolute Gasteiger partial charge is 0.298 e. The van der Waals surface area contributed by atoms with Gasteiger partial charge >= 0.3 is 0 Å². The molecule has 0 fully saturated rings. The number of hydrogen-bond acceptors (Lipinski definition) is 4. The van der Waals surface area contributed by atoms with Crippen LogP contribution in [-0.4, -0.2) is 24.0 Å². The lowest BCUT2D eigenvalue weighted by Crippen LogP contribution is -2.14. The minimum absolute atomic E-state index is 0.227. The van der Waals surface area contributed by atoms with E-state index < -0.39 is 26.7 Å². The Kier molecular flexibility index (Phi) is 3.02. The van der Waals surface area contributed by atoms with Gasteiger partial charge in [0.25, 0.3) is 10.1 Å². The molecule has 0 saturated heterocycles. The fourth-order valence-electron chi connectivity index (χ4n) is 1.17. The summed E-state index contributed by atoms with van der Waals surface area (Å²) in [5.41, 5.74) is 4.39. The van der Waals surface area contributed by atoms with Crippen LogP contribution in [0.15, 0.2) is 29.7 Å². The van der Waals surface area contributed by atoms with Crippen LogP contribution in [0.5, 0.6) is 5.75 Å². The third-order valence-corrected chi connectivity index (χ3v) is 2.82. The summed E-state index contributed by atoms with van der Waals surface area (Å²) in [4.78, 5) is 10.1. The zero-order chi connectivity index (χ0) is 12.5. The minimum atomic E-state index is -4.66. The standard InChI is InChI=1S/C9H9NO5S/c1-5(9(10)12)6-3-2-4-7(11)8(6)16(13,14)15/h2-4,11H,1H2,(H2,10,12)(H,13,14,15). The van der Waals surface area contributed by atoms with Crippen LogP contribution in [0.4, 0.5) is 0 Å². The van der Waals surface area contributed by atoms with E-state index in [4.69, 9.17) is 10.3 Å². The van der Waals surface area contributed by atoms with Gasteiger partial charge in [-0.25, -0.2) is 0 Å². The second kappa shape index (κ2) is 3.95. The first kappa shape index (κ1) is 12.2. The Balaban J connectivity index is 3.60. The maximum absolute atomic E-state index is 11.0. The number of rotatable bonds is 3. The number of amides is 1. The van der Waals surface area contributed by atoms with Crippen LogP contribution in [0.3, 0.4) is 0 Å². The van der Waals surface area contributed by atoms with Gasteiger partial charge in [-0.05, 0) is 6.07 Å². The molecular weight excluding hydrogens is 234 g/mol. The van der Waals surface area contributed by atoms with Crippen molar-refractivity contribution in [3.63, 3.8) is 0 Å². The Bertz CT molecular complexity index is 561. The molecule has 0 heterocycles.